The fourth-order valence-electron chi connectivity index (χ4n) is 2.49. The average Bonchev–Trinajstić information content (AvgIpc) is 3.00. The predicted octanol–water partition coefficient (Wildman–Crippen LogP) is 4.06. The summed E-state index contributed by atoms with van der Waals surface area (Å²) in [5.41, 5.74) is 2.31. The Labute approximate surface area is 152 Å². The molecule has 0 saturated heterocycles. The third-order valence-corrected chi connectivity index (χ3v) is 4.69. The summed E-state index contributed by atoms with van der Waals surface area (Å²) in [6.45, 7) is 4.66. The molecule has 0 unspecified atom stereocenters. The van der Waals surface area contributed by atoms with E-state index in [0.29, 0.717) is 6.61 Å². The molecule has 3 rings (SSSR count). The van der Waals surface area contributed by atoms with Gasteiger partial charge in [-0.1, -0.05) is 30.0 Å². The van der Waals surface area contributed by atoms with Crippen LogP contribution in [0.1, 0.15) is 11.4 Å². The van der Waals surface area contributed by atoms with Gasteiger partial charge in [0.25, 0.3) is 0 Å². The minimum Gasteiger partial charge on any atom is -0.497 e. The molecule has 0 amide bonds. The van der Waals surface area contributed by atoms with Crippen LogP contribution >= 0.6 is 11.8 Å². The van der Waals surface area contributed by atoms with Gasteiger partial charge in [-0.15, -0.1) is 10.2 Å². The van der Waals surface area contributed by atoms with Crippen molar-refractivity contribution < 1.29 is 9.47 Å². The number of thioether (sulfide) groups is 1. The summed E-state index contributed by atoms with van der Waals surface area (Å²) in [4.78, 5) is 0. The number of ether oxygens (including phenoxy) is 2. The van der Waals surface area contributed by atoms with Crippen molar-refractivity contribution in [2.75, 3.05) is 19.5 Å². The van der Waals surface area contributed by atoms with Gasteiger partial charge in [-0.25, -0.2) is 0 Å². The first-order valence-electron chi connectivity index (χ1n) is 8.06. The molecule has 130 valence electrons. The van der Waals surface area contributed by atoms with E-state index >= 15 is 0 Å². The van der Waals surface area contributed by atoms with Crippen LogP contribution in [-0.2, 0) is 0 Å². The molecule has 1 aromatic heterocycles. The number of para-hydroxylation sites is 1. The molecule has 6 heteroatoms. The van der Waals surface area contributed by atoms with Crippen LogP contribution in [0.5, 0.6) is 11.5 Å². The Morgan fingerprint density at radius 3 is 2.40 bits per heavy atom. The van der Waals surface area contributed by atoms with E-state index in [0.717, 1.165) is 33.9 Å². The second-order valence-corrected chi connectivity index (χ2v) is 6.59. The lowest BCUT2D eigenvalue weighted by Crippen LogP contribution is -2.04. The fourth-order valence-corrected chi connectivity index (χ4v) is 3.30. The predicted molar refractivity (Wildman–Crippen MR) is 100 cm³/mol. The fraction of sp³-hybridized carbons (Fsp3) is 0.263. The van der Waals surface area contributed by atoms with Crippen molar-refractivity contribution in [1.29, 1.82) is 0 Å². The van der Waals surface area contributed by atoms with Gasteiger partial charge in [-0.2, -0.15) is 0 Å². The number of aryl methyl sites for hydroxylation is 2. The topological polar surface area (TPSA) is 49.2 Å². The first-order valence-corrected chi connectivity index (χ1v) is 9.05. The van der Waals surface area contributed by atoms with E-state index in [1.54, 1.807) is 18.9 Å². The van der Waals surface area contributed by atoms with Gasteiger partial charge in [-0.05, 0) is 49.7 Å². The Morgan fingerprint density at radius 2 is 1.68 bits per heavy atom. The third-order valence-electron chi connectivity index (χ3n) is 3.79. The molecule has 0 atom stereocenters. The normalized spacial score (nSPS) is 10.7. The van der Waals surface area contributed by atoms with Crippen molar-refractivity contribution in [3.63, 3.8) is 0 Å². The number of hydrogen-bond donors (Lipinski definition) is 0. The zero-order chi connectivity index (χ0) is 17.6. The van der Waals surface area contributed by atoms with E-state index in [9.17, 15) is 0 Å². The maximum Gasteiger partial charge on any atom is 0.195 e. The van der Waals surface area contributed by atoms with Gasteiger partial charge in [0.1, 0.15) is 17.3 Å². The van der Waals surface area contributed by atoms with Crippen LogP contribution in [0.25, 0.3) is 5.69 Å². The molecular weight excluding hydrogens is 334 g/mol. The molecule has 25 heavy (non-hydrogen) atoms. The maximum atomic E-state index is 5.77. The van der Waals surface area contributed by atoms with Gasteiger partial charge in [0.2, 0.25) is 0 Å². The molecule has 5 nitrogen and oxygen atoms in total. The Hall–Kier alpha value is -2.47. The van der Waals surface area contributed by atoms with Crippen molar-refractivity contribution in [3.8, 4) is 17.2 Å². The van der Waals surface area contributed by atoms with Crippen LogP contribution in [0.3, 0.4) is 0 Å². The van der Waals surface area contributed by atoms with Gasteiger partial charge in [-0.3, -0.25) is 4.57 Å². The third kappa shape index (κ3) is 4.14. The second-order valence-electron chi connectivity index (χ2n) is 5.52. The van der Waals surface area contributed by atoms with E-state index in [1.165, 1.54) is 5.56 Å². The van der Waals surface area contributed by atoms with Crippen LogP contribution in [-0.4, -0.2) is 34.2 Å². The maximum absolute atomic E-state index is 5.77. The molecule has 0 aliphatic rings. The average molecular weight is 355 g/mol. The van der Waals surface area contributed by atoms with Crippen molar-refractivity contribution in [3.05, 3.63) is 59.9 Å². The lowest BCUT2D eigenvalue weighted by molar-refractivity contribution is 0.342. The largest absolute Gasteiger partial charge is 0.497 e. The zero-order valence-corrected chi connectivity index (χ0v) is 15.4. The Bertz CT molecular complexity index is 831. The number of hydrogen-bond acceptors (Lipinski definition) is 5. The van der Waals surface area contributed by atoms with Gasteiger partial charge in [0.15, 0.2) is 5.16 Å². The molecule has 0 bridgehead atoms. The van der Waals surface area contributed by atoms with Crippen LogP contribution in [0, 0.1) is 13.8 Å². The van der Waals surface area contributed by atoms with Crippen LogP contribution in [0.15, 0.2) is 53.7 Å². The van der Waals surface area contributed by atoms with E-state index in [1.807, 2.05) is 43.3 Å². The van der Waals surface area contributed by atoms with Crippen molar-refractivity contribution >= 4 is 11.8 Å². The standard InChI is InChI=1S/C19H21N3O2S/c1-14-6-4-5-7-18(14)22-15(2)20-21-19(22)25-13-12-24-17-10-8-16(23-3)9-11-17/h4-11H,12-13H2,1-3H3. The molecule has 0 aliphatic heterocycles. The highest BCUT2D eigenvalue weighted by Crippen LogP contribution is 2.24. The summed E-state index contributed by atoms with van der Waals surface area (Å²) in [6.07, 6.45) is 0. The molecule has 0 spiro atoms. The summed E-state index contributed by atoms with van der Waals surface area (Å²) >= 11 is 1.64. The molecular formula is C19H21N3O2S. The van der Waals surface area contributed by atoms with Crippen molar-refractivity contribution in [1.82, 2.24) is 14.8 Å². The number of rotatable bonds is 7. The first-order chi connectivity index (χ1) is 12.2. The summed E-state index contributed by atoms with van der Waals surface area (Å²) in [6, 6.07) is 15.8. The summed E-state index contributed by atoms with van der Waals surface area (Å²) in [5.74, 6) is 3.32. The highest BCUT2D eigenvalue weighted by atomic mass is 32.2. The van der Waals surface area contributed by atoms with Crippen molar-refractivity contribution in [2.24, 2.45) is 0 Å². The molecule has 2 aromatic carbocycles. The van der Waals surface area contributed by atoms with Crippen LogP contribution in [0.2, 0.25) is 0 Å². The lowest BCUT2D eigenvalue weighted by atomic mass is 10.2. The monoisotopic (exact) mass is 355 g/mol. The molecule has 1 heterocycles. The van der Waals surface area contributed by atoms with E-state index in [2.05, 4.69) is 33.8 Å². The summed E-state index contributed by atoms with van der Waals surface area (Å²) < 4.78 is 13.0. The Balaban J connectivity index is 1.61. The Morgan fingerprint density at radius 1 is 0.960 bits per heavy atom. The molecule has 3 aromatic rings. The molecule has 0 aliphatic carbocycles. The van der Waals surface area contributed by atoms with Crippen LogP contribution in [0.4, 0.5) is 0 Å². The second kappa shape index (κ2) is 8.07. The minimum atomic E-state index is 0.594. The van der Waals surface area contributed by atoms with Crippen LogP contribution < -0.4 is 9.47 Å². The zero-order valence-electron chi connectivity index (χ0n) is 14.6. The summed E-state index contributed by atoms with van der Waals surface area (Å²) in [7, 11) is 1.65. The number of nitrogens with zero attached hydrogens (tertiary/aromatic N) is 3. The van der Waals surface area contributed by atoms with Gasteiger partial charge in [0, 0.05) is 5.75 Å². The van der Waals surface area contributed by atoms with Gasteiger partial charge >= 0.3 is 0 Å². The van der Waals surface area contributed by atoms with E-state index < -0.39 is 0 Å². The minimum absolute atomic E-state index is 0.594. The quantitative estimate of drug-likeness (QED) is 0.472. The molecule has 0 N–H and O–H groups in total. The lowest BCUT2D eigenvalue weighted by Gasteiger charge is -2.11. The molecule has 0 radical (unpaired) electrons. The number of benzene rings is 2. The van der Waals surface area contributed by atoms with E-state index in [-0.39, 0.29) is 0 Å². The SMILES string of the molecule is COc1ccc(OCCSc2nnc(C)n2-c2ccccc2C)cc1. The Kier molecular flexibility index (Phi) is 5.60. The number of methoxy groups -OCH3 is 1. The smallest absolute Gasteiger partial charge is 0.195 e. The highest BCUT2D eigenvalue weighted by Gasteiger charge is 2.12. The van der Waals surface area contributed by atoms with Crippen molar-refractivity contribution in [2.45, 2.75) is 19.0 Å². The molecule has 0 fully saturated rings. The molecule has 0 saturated carbocycles. The van der Waals surface area contributed by atoms with Gasteiger partial charge < -0.3 is 9.47 Å². The van der Waals surface area contributed by atoms with Gasteiger partial charge in [0.05, 0.1) is 19.4 Å². The summed E-state index contributed by atoms with van der Waals surface area (Å²) in [5, 5.41) is 9.41. The number of aromatic nitrogens is 3. The van der Waals surface area contributed by atoms with E-state index in [4.69, 9.17) is 9.47 Å². The highest BCUT2D eigenvalue weighted by molar-refractivity contribution is 7.99. The first kappa shape index (κ1) is 17.4.